The number of para-hydroxylation sites is 2. The molecule has 1 aliphatic rings. The van der Waals surface area contributed by atoms with Crippen LogP contribution in [0.1, 0.15) is 24.2 Å². The molecule has 0 spiro atoms. The molecule has 3 nitrogen and oxygen atoms in total. The second-order valence-corrected chi connectivity index (χ2v) is 5.59. The number of fused-ring (bicyclic) bond motifs is 1. The number of benzene rings is 2. The first kappa shape index (κ1) is 14.0. The molecule has 1 heterocycles. The normalized spacial score (nSPS) is 18.4. The van der Waals surface area contributed by atoms with Crippen LogP contribution in [0.3, 0.4) is 0 Å². The SMILES string of the molecule is COc1ccccc1C(O)CN1c2ccccc2CC1C. The van der Waals surface area contributed by atoms with E-state index in [0.717, 1.165) is 17.7 Å². The summed E-state index contributed by atoms with van der Waals surface area (Å²) in [6.07, 6.45) is 0.476. The summed E-state index contributed by atoms with van der Waals surface area (Å²) in [6, 6.07) is 16.5. The predicted molar refractivity (Wildman–Crippen MR) is 84.9 cm³/mol. The van der Waals surface area contributed by atoms with E-state index in [0.29, 0.717) is 12.6 Å². The highest BCUT2D eigenvalue weighted by Crippen LogP contribution is 2.34. The van der Waals surface area contributed by atoms with Crippen molar-refractivity contribution in [3.63, 3.8) is 0 Å². The molecule has 1 N–H and O–H groups in total. The van der Waals surface area contributed by atoms with Crippen molar-refractivity contribution in [2.24, 2.45) is 0 Å². The fraction of sp³-hybridized carbons (Fsp3) is 0.333. The maximum absolute atomic E-state index is 10.6. The number of aliphatic hydroxyl groups is 1. The van der Waals surface area contributed by atoms with Gasteiger partial charge in [-0.25, -0.2) is 0 Å². The number of methoxy groups -OCH3 is 1. The molecule has 0 saturated carbocycles. The van der Waals surface area contributed by atoms with Gasteiger partial charge in [-0.15, -0.1) is 0 Å². The summed E-state index contributed by atoms with van der Waals surface area (Å²) >= 11 is 0. The molecule has 0 radical (unpaired) electrons. The third-order valence-electron chi connectivity index (χ3n) is 4.22. The van der Waals surface area contributed by atoms with Crippen molar-refractivity contribution in [2.45, 2.75) is 25.5 Å². The van der Waals surface area contributed by atoms with Crippen LogP contribution >= 0.6 is 0 Å². The molecule has 2 unspecified atom stereocenters. The Bertz CT molecular complexity index is 626. The molecule has 3 rings (SSSR count). The molecule has 1 aliphatic heterocycles. The molecule has 110 valence electrons. The van der Waals surface area contributed by atoms with Gasteiger partial charge in [-0.05, 0) is 31.0 Å². The number of anilines is 1. The van der Waals surface area contributed by atoms with Crippen LogP contribution < -0.4 is 9.64 Å². The Morgan fingerprint density at radius 2 is 1.90 bits per heavy atom. The van der Waals surface area contributed by atoms with E-state index < -0.39 is 6.10 Å². The lowest BCUT2D eigenvalue weighted by atomic mass is 10.1. The number of rotatable bonds is 4. The monoisotopic (exact) mass is 283 g/mol. The highest BCUT2D eigenvalue weighted by atomic mass is 16.5. The minimum atomic E-state index is -0.560. The van der Waals surface area contributed by atoms with Gasteiger partial charge in [0.2, 0.25) is 0 Å². The van der Waals surface area contributed by atoms with E-state index in [-0.39, 0.29) is 0 Å². The molecule has 0 aromatic heterocycles. The molecule has 0 aliphatic carbocycles. The van der Waals surface area contributed by atoms with E-state index in [1.54, 1.807) is 7.11 Å². The zero-order valence-corrected chi connectivity index (χ0v) is 12.5. The molecule has 0 fully saturated rings. The van der Waals surface area contributed by atoms with Gasteiger partial charge in [0.25, 0.3) is 0 Å². The molecular formula is C18H21NO2. The van der Waals surface area contributed by atoms with Crippen molar-refractivity contribution >= 4 is 5.69 Å². The van der Waals surface area contributed by atoms with Crippen LogP contribution in [0.15, 0.2) is 48.5 Å². The van der Waals surface area contributed by atoms with Gasteiger partial charge in [0.15, 0.2) is 0 Å². The lowest BCUT2D eigenvalue weighted by Crippen LogP contribution is -2.33. The van der Waals surface area contributed by atoms with Crippen LogP contribution in [-0.4, -0.2) is 24.8 Å². The molecule has 21 heavy (non-hydrogen) atoms. The summed E-state index contributed by atoms with van der Waals surface area (Å²) in [7, 11) is 1.64. The van der Waals surface area contributed by atoms with Crippen molar-refractivity contribution in [3.05, 3.63) is 59.7 Å². The number of ether oxygens (including phenoxy) is 1. The minimum absolute atomic E-state index is 0.409. The van der Waals surface area contributed by atoms with E-state index in [4.69, 9.17) is 4.74 Å². The molecule has 3 heteroatoms. The highest BCUT2D eigenvalue weighted by Gasteiger charge is 2.28. The molecule has 2 atom stereocenters. The summed E-state index contributed by atoms with van der Waals surface area (Å²) in [4.78, 5) is 2.28. The molecular weight excluding hydrogens is 262 g/mol. The molecule has 2 aromatic rings. The Labute approximate surface area is 125 Å². The van der Waals surface area contributed by atoms with E-state index >= 15 is 0 Å². The third kappa shape index (κ3) is 2.61. The number of nitrogens with zero attached hydrogens (tertiary/aromatic N) is 1. The number of aliphatic hydroxyl groups excluding tert-OH is 1. The van der Waals surface area contributed by atoms with Crippen LogP contribution in [0, 0.1) is 0 Å². The lowest BCUT2D eigenvalue weighted by Gasteiger charge is -2.28. The zero-order chi connectivity index (χ0) is 14.8. The fourth-order valence-corrected chi connectivity index (χ4v) is 3.13. The second kappa shape index (κ2) is 5.78. The summed E-state index contributed by atoms with van der Waals surface area (Å²) in [5.41, 5.74) is 3.44. The fourth-order valence-electron chi connectivity index (χ4n) is 3.13. The van der Waals surface area contributed by atoms with Crippen molar-refractivity contribution in [1.29, 1.82) is 0 Å². The van der Waals surface area contributed by atoms with E-state index in [9.17, 15) is 5.11 Å². The molecule has 2 aromatic carbocycles. The van der Waals surface area contributed by atoms with Gasteiger partial charge in [-0.3, -0.25) is 0 Å². The largest absolute Gasteiger partial charge is 0.496 e. The summed E-state index contributed by atoms with van der Waals surface area (Å²) in [6.45, 7) is 2.79. The molecule has 0 saturated heterocycles. The van der Waals surface area contributed by atoms with Crippen LogP contribution in [0.5, 0.6) is 5.75 Å². The quantitative estimate of drug-likeness (QED) is 0.935. The van der Waals surface area contributed by atoms with Gasteiger partial charge in [-0.1, -0.05) is 36.4 Å². The summed E-state index contributed by atoms with van der Waals surface area (Å²) in [5, 5.41) is 10.6. The van der Waals surface area contributed by atoms with Crippen molar-refractivity contribution in [2.75, 3.05) is 18.6 Å². The predicted octanol–water partition coefficient (Wildman–Crippen LogP) is 3.18. The van der Waals surface area contributed by atoms with Gasteiger partial charge in [0.05, 0.1) is 7.11 Å². The standard InChI is InChI=1S/C18H21NO2/c1-13-11-14-7-3-5-9-16(14)19(13)12-17(20)15-8-4-6-10-18(15)21-2/h3-10,13,17,20H,11-12H2,1-2H3. The van der Waals surface area contributed by atoms with Crippen LogP contribution in [0.2, 0.25) is 0 Å². The number of β-amino-alcohol motifs (C(OH)–C–C–N with tert-alkyl or cyclic N) is 1. The number of hydrogen-bond acceptors (Lipinski definition) is 3. The van der Waals surface area contributed by atoms with Crippen molar-refractivity contribution < 1.29 is 9.84 Å². The first-order valence-corrected chi connectivity index (χ1v) is 7.36. The Hall–Kier alpha value is -2.00. The third-order valence-corrected chi connectivity index (χ3v) is 4.22. The second-order valence-electron chi connectivity index (χ2n) is 5.59. The van der Waals surface area contributed by atoms with Gasteiger partial charge in [-0.2, -0.15) is 0 Å². The van der Waals surface area contributed by atoms with E-state index in [1.807, 2.05) is 24.3 Å². The minimum Gasteiger partial charge on any atom is -0.496 e. The van der Waals surface area contributed by atoms with Crippen molar-refractivity contribution in [1.82, 2.24) is 0 Å². The maximum Gasteiger partial charge on any atom is 0.124 e. The van der Waals surface area contributed by atoms with Gasteiger partial charge < -0.3 is 14.7 Å². The smallest absolute Gasteiger partial charge is 0.124 e. The van der Waals surface area contributed by atoms with Crippen LogP contribution in [0.4, 0.5) is 5.69 Å². The average Bonchev–Trinajstić information content (AvgIpc) is 2.83. The van der Waals surface area contributed by atoms with Crippen LogP contribution in [0.25, 0.3) is 0 Å². The van der Waals surface area contributed by atoms with Crippen LogP contribution in [-0.2, 0) is 6.42 Å². The highest BCUT2D eigenvalue weighted by molar-refractivity contribution is 5.59. The van der Waals surface area contributed by atoms with Gasteiger partial charge in [0.1, 0.15) is 11.9 Å². The maximum atomic E-state index is 10.6. The summed E-state index contributed by atoms with van der Waals surface area (Å²) in [5.74, 6) is 0.741. The Balaban J connectivity index is 1.83. The Kier molecular flexibility index (Phi) is 3.84. The van der Waals surface area contributed by atoms with E-state index in [2.05, 4.69) is 36.1 Å². The molecule has 0 bridgehead atoms. The van der Waals surface area contributed by atoms with E-state index in [1.165, 1.54) is 11.3 Å². The number of hydrogen-bond donors (Lipinski definition) is 1. The van der Waals surface area contributed by atoms with Gasteiger partial charge in [0, 0.05) is 23.8 Å². The topological polar surface area (TPSA) is 32.7 Å². The van der Waals surface area contributed by atoms with Gasteiger partial charge >= 0.3 is 0 Å². The Morgan fingerprint density at radius 1 is 1.19 bits per heavy atom. The first-order valence-electron chi connectivity index (χ1n) is 7.36. The lowest BCUT2D eigenvalue weighted by molar-refractivity contribution is 0.177. The zero-order valence-electron chi connectivity index (χ0n) is 12.5. The average molecular weight is 283 g/mol. The van der Waals surface area contributed by atoms with Crippen molar-refractivity contribution in [3.8, 4) is 5.75 Å². The molecule has 0 amide bonds. The first-order chi connectivity index (χ1) is 10.2. The summed E-state index contributed by atoms with van der Waals surface area (Å²) < 4.78 is 5.35. The Morgan fingerprint density at radius 3 is 2.71 bits per heavy atom.